The summed E-state index contributed by atoms with van der Waals surface area (Å²) in [6, 6.07) is 1.84. The topological polar surface area (TPSA) is 64.7 Å². The summed E-state index contributed by atoms with van der Waals surface area (Å²) in [7, 11) is 2.89. The van der Waals surface area contributed by atoms with Gasteiger partial charge in [-0.15, -0.1) is 12.4 Å². The third-order valence-electron chi connectivity index (χ3n) is 3.09. The number of aliphatic hydroxyl groups is 1. The molecule has 6 heteroatoms. The van der Waals surface area contributed by atoms with Gasteiger partial charge in [0.25, 0.3) is 0 Å². The molecular weight excluding hydrogens is 285 g/mol. The minimum atomic E-state index is -0.875. The van der Waals surface area contributed by atoms with Crippen LogP contribution in [0.3, 0.4) is 0 Å². The molecule has 116 valence electrons. The van der Waals surface area contributed by atoms with Crippen LogP contribution in [0.15, 0.2) is 12.1 Å². The minimum Gasteiger partial charge on any atom is -0.493 e. The highest BCUT2D eigenvalue weighted by molar-refractivity contribution is 5.85. The first kappa shape index (κ1) is 19.0. The Kier molecular flexibility index (Phi) is 6.74. The summed E-state index contributed by atoms with van der Waals surface area (Å²) in [5, 5.41) is 10.2. The summed E-state index contributed by atoms with van der Waals surface area (Å²) in [5.74, 6) is 0.158. The van der Waals surface area contributed by atoms with Gasteiger partial charge in [-0.3, -0.25) is 0 Å². The predicted octanol–water partition coefficient (Wildman–Crippen LogP) is 2.67. The number of hydrogen-bond acceptors (Lipinski definition) is 4. The quantitative estimate of drug-likeness (QED) is 0.897. The molecule has 0 aliphatic rings. The Hall–Kier alpha value is -1.04. The number of ether oxygens (including phenoxy) is 2. The van der Waals surface area contributed by atoms with Gasteiger partial charge in [0.15, 0.2) is 11.5 Å². The number of rotatable bonds is 4. The Bertz CT molecular complexity index is 449. The van der Waals surface area contributed by atoms with Crippen molar-refractivity contribution in [2.45, 2.75) is 32.9 Å². The molecule has 20 heavy (non-hydrogen) atoms. The van der Waals surface area contributed by atoms with Crippen molar-refractivity contribution in [1.82, 2.24) is 0 Å². The zero-order valence-electron chi connectivity index (χ0n) is 12.4. The lowest BCUT2D eigenvalue weighted by molar-refractivity contribution is 0.0391. The molecule has 1 aromatic carbocycles. The van der Waals surface area contributed by atoms with Gasteiger partial charge in [-0.25, -0.2) is 4.39 Å². The predicted molar refractivity (Wildman–Crippen MR) is 79.1 cm³/mol. The van der Waals surface area contributed by atoms with Crippen LogP contribution in [0.2, 0.25) is 0 Å². The second-order valence-electron chi connectivity index (χ2n) is 5.57. The van der Waals surface area contributed by atoms with Crippen LogP contribution in [-0.2, 0) is 0 Å². The molecule has 0 aliphatic heterocycles. The maximum Gasteiger partial charge on any atom is 0.163 e. The van der Waals surface area contributed by atoms with Crippen molar-refractivity contribution in [1.29, 1.82) is 0 Å². The van der Waals surface area contributed by atoms with Crippen molar-refractivity contribution in [2.75, 3.05) is 14.2 Å². The average molecular weight is 308 g/mol. The molecule has 0 heterocycles. The van der Waals surface area contributed by atoms with E-state index in [1.807, 2.05) is 20.8 Å². The average Bonchev–Trinajstić information content (AvgIpc) is 2.35. The van der Waals surface area contributed by atoms with Gasteiger partial charge < -0.3 is 20.3 Å². The maximum atomic E-state index is 14.0. The summed E-state index contributed by atoms with van der Waals surface area (Å²) in [4.78, 5) is 0. The van der Waals surface area contributed by atoms with Crippen molar-refractivity contribution < 1.29 is 19.0 Å². The van der Waals surface area contributed by atoms with Gasteiger partial charge >= 0.3 is 0 Å². The summed E-state index contributed by atoms with van der Waals surface area (Å²) in [6.45, 7) is 5.53. The van der Waals surface area contributed by atoms with Crippen molar-refractivity contribution in [3.63, 3.8) is 0 Å². The van der Waals surface area contributed by atoms with Gasteiger partial charge in [0.05, 0.1) is 26.4 Å². The monoisotopic (exact) mass is 307 g/mol. The fourth-order valence-corrected chi connectivity index (χ4v) is 1.83. The van der Waals surface area contributed by atoms with E-state index in [0.29, 0.717) is 11.5 Å². The molecule has 2 atom stereocenters. The van der Waals surface area contributed by atoms with E-state index in [1.165, 1.54) is 26.4 Å². The third-order valence-corrected chi connectivity index (χ3v) is 3.09. The Morgan fingerprint density at radius 1 is 1.15 bits per heavy atom. The van der Waals surface area contributed by atoms with Gasteiger partial charge in [-0.1, -0.05) is 20.8 Å². The number of nitrogens with two attached hydrogens (primary N) is 1. The van der Waals surface area contributed by atoms with Gasteiger partial charge in [0.2, 0.25) is 0 Å². The van der Waals surface area contributed by atoms with Crippen LogP contribution in [0.5, 0.6) is 11.5 Å². The lowest BCUT2D eigenvalue weighted by Gasteiger charge is -2.31. The number of benzene rings is 1. The highest BCUT2D eigenvalue weighted by Crippen LogP contribution is 2.35. The number of halogens is 2. The van der Waals surface area contributed by atoms with E-state index < -0.39 is 23.4 Å². The zero-order chi connectivity index (χ0) is 14.8. The second-order valence-corrected chi connectivity index (χ2v) is 5.57. The van der Waals surface area contributed by atoms with Crippen molar-refractivity contribution in [2.24, 2.45) is 11.1 Å². The molecule has 4 nitrogen and oxygen atoms in total. The van der Waals surface area contributed by atoms with Gasteiger partial charge in [-0.05, 0) is 11.5 Å². The molecule has 1 rings (SSSR count). The van der Waals surface area contributed by atoms with Crippen LogP contribution < -0.4 is 15.2 Å². The fraction of sp³-hybridized carbons (Fsp3) is 0.571. The highest BCUT2D eigenvalue weighted by Gasteiger charge is 2.31. The minimum absolute atomic E-state index is 0. The van der Waals surface area contributed by atoms with Crippen LogP contribution in [0.25, 0.3) is 0 Å². The summed E-state index contributed by atoms with van der Waals surface area (Å²) in [6.07, 6.45) is -0.875. The molecule has 0 saturated heterocycles. The Morgan fingerprint density at radius 2 is 1.60 bits per heavy atom. The summed E-state index contributed by atoms with van der Waals surface area (Å²) in [5.41, 5.74) is 5.72. The van der Waals surface area contributed by atoms with Crippen LogP contribution >= 0.6 is 12.4 Å². The highest BCUT2D eigenvalue weighted by atomic mass is 35.5. The Morgan fingerprint density at radius 3 is 2.00 bits per heavy atom. The van der Waals surface area contributed by atoms with Crippen LogP contribution in [0.1, 0.15) is 32.4 Å². The first-order valence-corrected chi connectivity index (χ1v) is 6.07. The van der Waals surface area contributed by atoms with E-state index in [4.69, 9.17) is 15.2 Å². The molecule has 0 aliphatic carbocycles. The van der Waals surface area contributed by atoms with E-state index in [-0.39, 0.29) is 18.0 Å². The fourth-order valence-electron chi connectivity index (χ4n) is 1.83. The molecule has 0 bridgehead atoms. The van der Waals surface area contributed by atoms with Gasteiger partial charge in [0.1, 0.15) is 5.82 Å². The SMILES string of the molecule is COc1cc(F)c([C@H](N)[C@H](O)C(C)(C)C)cc1OC.Cl. The molecule has 0 unspecified atom stereocenters. The first-order chi connectivity index (χ1) is 8.72. The number of hydrogen-bond donors (Lipinski definition) is 2. The lowest BCUT2D eigenvalue weighted by Crippen LogP contribution is -2.37. The van der Waals surface area contributed by atoms with E-state index in [2.05, 4.69) is 0 Å². The van der Waals surface area contributed by atoms with Gasteiger partial charge in [-0.2, -0.15) is 0 Å². The molecule has 0 radical (unpaired) electrons. The Balaban J connectivity index is 0.00000361. The summed E-state index contributed by atoms with van der Waals surface area (Å²) >= 11 is 0. The maximum absolute atomic E-state index is 14.0. The summed E-state index contributed by atoms with van der Waals surface area (Å²) < 4.78 is 24.2. The van der Waals surface area contributed by atoms with Gasteiger partial charge in [0, 0.05) is 11.6 Å². The molecule has 1 aromatic rings. The van der Waals surface area contributed by atoms with E-state index >= 15 is 0 Å². The smallest absolute Gasteiger partial charge is 0.163 e. The standard InChI is InChI=1S/C14H22FNO3.ClH/c1-14(2,3)13(17)12(16)8-6-10(18-4)11(19-5)7-9(8)15;/h6-7,12-13,17H,16H2,1-5H3;1H/t12-,13-;/m0./s1. The number of aliphatic hydroxyl groups excluding tert-OH is 1. The largest absolute Gasteiger partial charge is 0.493 e. The molecular formula is C14H23ClFNO3. The van der Waals surface area contributed by atoms with Crippen molar-refractivity contribution in [3.8, 4) is 11.5 Å². The van der Waals surface area contributed by atoms with Crippen LogP contribution in [0, 0.1) is 11.2 Å². The zero-order valence-corrected chi connectivity index (χ0v) is 13.3. The lowest BCUT2D eigenvalue weighted by atomic mass is 9.82. The molecule has 0 amide bonds. The van der Waals surface area contributed by atoms with Crippen LogP contribution in [-0.4, -0.2) is 25.4 Å². The molecule has 0 saturated carbocycles. The Labute approximate surface area is 125 Å². The molecule has 0 aromatic heterocycles. The molecule has 3 N–H and O–H groups in total. The molecule has 0 spiro atoms. The first-order valence-electron chi connectivity index (χ1n) is 6.07. The second kappa shape index (κ2) is 7.11. The normalized spacial score (nSPS) is 14.2. The third kappa shape index (κ3) is 3.98. The van der Waals surface area contributed by atoms with Crippen molar-refractivity contribution >= 4 is 12.4 Å². The van der Waals surface area contributed by atoms with Crippen molar-refractivity contribution in [3.05, 3.63) is 23.5 Å². The van der Waals surface area contributed by atoms with E-state index in [9.17, 15) is 9.50 Å². The van der Waals surface area contributed by atoms with E-state index in [0.717, 1.165) is 0 Å². The van der Waals surface area contributed by atoms with E-state index in [1.54, 1.807) is 0 Å². The number of methoxy groups -OCH3 is 2. The molecule has 0 fully saturated rings. The van der Waals surface area contributed by atoms with Crippen LogP contribution in [0.4, 0.5) is 4.39 Å².